The third-order valence-corrected chi connectivity index (χ3v) is 12.9. The van der Waals surface area contributed by atoms with E-state index in [2.05, 4.69) is 69.8 Å². The van der Waals surface area contributed by atoms with Gasteiger partial charge in [0.15, 0.2) is 34.9 Å². The summed E-state index contributed by atoms with van der Waals surface area (Å²) in [5, 5.41) is 25.1. The zero-order valence-electron chi connectivity index (χ0n) is 38.1. The molecule has 0 atom stereocenters. The van der Waals surface area contributed by atoms with Crippen LogP contribution in [0.3, 0.4) is 0 Å². The molecule has 332 valence electrons. The number of nitrogens with zero attached hydrogens (tertiary/aromatic N) is 10. The lowest BCUT2D eigenvalue weighted by molar-refractivity contribution is 1.06. The van der Waals surface area contributed by atoms with Gasteiger partial charge in [0.1, 0.15) is 11.6 Å². The fourth-order valence-electron chi connectivity index (χ4n) is 9.67. The molecule has 10 nitrogen and oxygen atoms in total. The number of benzene rings is 8. The minimum absolute atomic E-state index is 0.287. The van der Waals surface area contributed by atoms with Gasteiger partial charge >= 0.3 is 0 Å². The molecule has 0 N–H and O–H groups in total. The Bertz CT molecular complexity index is 3950. The molecule has 72 heavy (non-hydrogen) atoms. The number of para-hydroxylation sites is 2. The van der Waals surface area contributed by atoms with Crippen molar-refractivity contribution in [3.63, 3.8) is 0 Å². The maximum absolute atomic E-state index is 10.6. The lowest BCUT2D eigenvalue weighted by Gasteiger charge is -2.17. The van der Waals surface area contributed by atoms with E-state index < -0.39 is 0 Å². The van der Waals surface area contributed by atoms with Gasteiger partial charge in [0, 0.05) is 49.4 Å². The van der Waals surface area contributed by atoms with E-state index in [1.807, 2.05) is 170 Å². The first kappa shape index (κ1) is 41.6. The van der Waals surface area contributed by atoms with Crippen molar-refractivity contribution < 1.29 is 0 Å². The monoisotopic (exact) mass is 918 g/mol. The lowest BCUT2D eigenvalue weighted by atomic mass is 10.1. The van der Waals surface area contributed by atoms with E-state index in [1.54, 1.807) is 0 Å². The van der Waals surface area contributed by atoms with Gasteiger partial charge in [-0.3, -0.25) is 0 Å². The first-order valence-corrected chi connectivity index (χ1v) is 23.2. The molecule has 0 spiro atoms. The number of hydrogen-bond donors (Lipinski definition) is 0. The van der Waals surface area contributed by atoms with Crippen LogP contribution in [0.15, 0.2) is 206 Å². The lowest BCUT2D eigenvalue weighted by Crippen LogP contribution is -2.06. The Morgan fingerprint density at radius 1 is 0.347 bits per heavy atom. The number of nitriles is 2. The standard InChI is InChI=1S/C62H34N10/c63-37-39-29-31-49(61-67-57(41-17-5-1-6-18-41)65-58(68-61)42-19-7-2-8-20-42)53(35-39)71-51-27-15-13-25-45(51)47-33-34-48-46-26-14-16-28-52(46)72(56(48)55(47)71)54-36-40(38-64)30-32-50(54)62-69-59(43-21-9-3-10-22-43)66-60(70-62)44-23-11-4-12-24-44/h1-29,31,33-36H. The van der Waals surface area contributed by atoms with Crippen LogP contribution in [0.5, 0.6) is 0 Å². The smallest absolute Gasteiger partial charge is 0.174 e. The highest BCUT2D eigenvalue weighted by molar-refractivity contribution is 6.24. The van der Waals surface area contributed by atoms with Crippen molar-refractivity contribution >= 4 is 43.6 Å². The molecular formula is C62H34N10. The Morgan fingerprint density at radius 2 is 0.764 bits per heavy atom. The van der Waals surface area contributed by atoms with E-state index in [4.69, 9.17) is 29.9 Å². The minimum Gasteiger partial charge on any atom is -0.306 e. The van der Waals surface area contributed by atoms with Crippen LogP contribution in [0.25, 0.3) is 123 Å². The number of fused-ring (bicyclic) bond motifs is 7. The summed E-state index contributed by atoms with van der Waals surface area (Å²) in [6, 6.07) is 79.0. The molecule has 13 rings (SSSR count). The second-order valence-electron chi connectivity index (χ2n) is 17.2. The van der Waals surface area contributed by atoms with Crippen LogP contribution in [-0.2, 0) is 0 Å². The molecule has 0 amide bonds. The average molecular weight is 919 g/mol. The van der Waals surface area contributed by atoms with Crippen LogP contribution >= 0.6 is 0 Å². The molecule has 0 aliphatic carbocycles. The average Bonchev–Trinajstić information content (AvgIpc) is 3.98. The van der Waals surface area contributed by atoms with E-state index in [0.717, 1.165) is 65.9 Å². The van der Waals surface area contributed by atoms with Crippen molar-refractivity contribution in [2.24, 2.45) is 0 Å². The van der Waals surface area contributed by atoms with Gasteiger partial charge in [0.25, 0.3) is 0 Å². The molecule has 0 aliphatic heterocycles. The summed E-state index contributed by atoms with van der Waals surface area (Å²) in [5.74, 6) is 2.81. The zero-order valence-corrected chi connectivity index (χ0v) is 38.1. The molecule has 0 aliphatic rings. The molecule has 10 heteroatoms. The number of rotatable bonds is 8. The van der Waals surface area contributed by atoms with Crippen molar-refractivity contribution in [1.29, 1.82) is 10.5 Å². The molecule has 0 radical (unpaired) electrons. The number of aromatic nitrogens is 8. The van der Waals surface area contributed by atoms with E-state index in [9.17, 15) is 10.5 Å². The van der Waals surface area contributed by atoms with Crippen molar-refractivity contribution in [3.05, 3.63) is 230 Å². The van der Waals surface area contributed by atoms with Gasteiger partial charge in [-0.05, 0) is 42.5 Å². The summed E-state index contributed by atoms with van der Waals surface area (Å²) in [4.78, 5) is 30.7. The van der Waals surface area contributed by atoms with Gasteiger partial charge < -0.3 is 9.13 Å². The van der Waals surface area contributed by atoms with Gasteiger partial charge in [0.2, 0.25) is 0 Å². The fourth-order valence-corrected chi connectivity index (χ4v) is 9.67. The van der Waals surface area contributed by atoms with E-state index in [0.29, 0.717) is 63.0 Å². The van der Waals surface area contributed by atoms with Crippen molar-refractivity contribution in [2.75, 3.05) is 0 Å². The van der Waals surface area contributed by atoms with Gasteiger partial charge in [-0.15, -0.1) is 0 Å². The Balaban J connectivity index is 1.15. The summed E-state index contributed by atoms with van der Waals surface area (Å²) >= 11 is 0. The summed E-state index contributed by atoms with van der Waals surface area (Å²) in [6.45, 7) is 0. The van der Waals surface area contributed by atoms with Gasteiger partial charge in [-0.2, -0.15) is 10.5 Å². The van der Waals surface area contributed by atoms with Crippen molar-refractivity contribution in [2.45, 2.75) is 0 Å². The summed E-state index contributed by atoms with van der Waals surface area (Å²) in [7, 11) is 0. The van der Waals surface area contributed by atoms with Crippen LogP contribution in [0.1, 0.15) is 11.1 Å². The van der Waals surface area contributed by atoms with Gasteiger partial charge in [-0.25, -0.2) is 29.9 Å². The summed E-state index contributed by atoms with van der Waals surface area (Å²) < 4.78 is 4.41. The Hall–Kier alpha value is -10.6. The maximum Gasteiger partial charge on any atom is 0.174 e. The Labute approximate surface area is 412 Å². The number of hydrogen-bond acceptors (Lipinski definition) is 8. The SMILES string of the molecule is N#Cc1c#cc(-c2nc(-c3ccccc3)nc(-c3ccccc3)n2)c(-n2c3ccccc3c3ccc4c5ccccc5n(-c5cc(C#N)ccc5-c5nc(-c6ccccc6)nc(-c6ccccc6)n5)c4c32)c1. The van der Waals surface area contributed by atoms with Crippen molar-refractivity contribution in [1.82, 2.24) is 39.0 Å². The molecule has 0 saturated carbocycles. The molecule has 9 aromatic carbocycles. The molecule has 4 aromatic heterocycles. The second-order valence-corrected chi connectivity index (χ2v) is 17.2. The molecule has 13 aromatic rings. The Kier molecular flexibility index (Phi) is 9.92. The molecule has 4 heterocycles. The van der Waals surface area contributed by atoms with Crippen LogP contribution in [0.4, 0.5) is 0 Å². The van der Waals surface area contributed by atoms with E-state index in [-0.39, 0.29) is 5.56 Å². The predicted octanol–water partition coefficient (Wildman–Crippen LogP) is 13.6. The fraction of sp³-hybridized carbons (Fsp3) is 0. The third-order valence-electron chi connectivity index (χ3n) is 12.9. The topological polar surface area (TPSA) is 135 Å². The zero-order chi connectivity index (χ0) is 48.1. The summed E-state index contributed by atoms with van der Waals surface area (Å²) in [5.41, 5.74) is 10.1. The molecule has 0 fully saturated rings. The minimum atomic E-state index is 0.287. The molecule has 0 unspecified atom stereocenters. The third kappa shape index (κ3) is 6.98. The molecular weight excluding hydrogens is 885 g/mol. The van der Waals surface area contributed by atoms with Crippen molar-refractivity contribution in [3.8, 4) is 91.8 Å². The predicted molar refractivity (Wildman–Crippen MR) is 282 cm³/mol. The van der Waals surface area contributed by atoms with Crippen LogP contribution in [0.2, 0.25) is 0 Å². The first-order chi connectivity index (χ1) is 35.6. The van der Waals surface area contributed by atoms with E-state index in [1.165, 1.54) is 0 Å². The highest BCUT2D eigenvalue weighted by Gasteiger charge is 2.26. The van der Waals surface area contributed by atoms with Crippen LogP contribution in [0, 0.1) is 34.8 Å². The van der Waals surface area contributed by atoms with Crippen LogP contribution < -0.4 is 0 Å². The van der Waals surface area contributed by atoms with Gasteiger partial charge in [0.05, 0.1) is 50.6 Å². The largest absolute Gasteiger partial charge is 0.306 e. The Morgan fingerprint density at radius 3 is 1.22 bits per heavy atom. The highest BCUT2D eigenvalue weighted by Crippen LogP contribution is 2.44. The van der Waals surface area contributed by atoms with Gasteiger partial charge in [-0.1, -0.05) is 176 Å². The quantitative estimate of drug-likeness (QED) is 0.147. The maximum atomic E-state index is 10.6. The second kappa shape index (κ2) is 17.2. The van der Waals surface area contributed by atoms with Crippen LogP contribution in [-0.4, -0.2) is 39.0 Å². The first-order valence-electron chi connectivity index (χ1n) is 23.2. The summed E-state index contributed by atoms with van der Waals surface area (Å²) in [6.07, 6.45) is 0. The highest BCUT2D eigenvalue weighted by atomic mass is 15.1. The van der Waals surface area contributed by atoms with E-state index >= 15 is 0 Å². The normalized spacial score (nSPS) is 11.2. The molecule has 0 bridgehead atoms. The molecule has 0 saturated heterocycles.